The van der Waals surface area contributed by atoms with E-state index in [1.807, 2.05) is 13.8 Å². The van der Waals surface area contributed by atoms with E-state index < -0.39 is 27.6 Å². The van der Waals surface area contributed by atoms with Gasteiger partial charge >= 0.3 is 5.97 Å². The van der Waals surface area contributed by atoms with Crippen LogP contribution >= 0.6 is 0 Å². The van der Waals surface area contributed by atoms with Gasteiger partial charge in [-0.1, -0.05) is 27.7 Å². The Morgan fingerprint density at radius 2 is 2.05 bits per heavy atom. The third kappa shape index (κ3) is 3.90. The number of carboxylic acid groups (broad SMARTS) is 1. The van der Waals surface area contributed by atoms with Crippen molar-refractivity contribution in [3.05, 3.63) is 0 Å². The minimum Gasteiger partial charge on any atom is -0.480 e. The Hall–Kier alpha value is -0.660. The van der Waals surface area contributed by atoms with Crippen molar-refractivity contribution in [1.29, 1.82) is 0 Å². The van der Waals surface area contributed by atoms with Crippen molar-refractivity contribution in [2.24, 2.45) is 11.3 Å². The summed E-state index contributed by atoms with van der Waals surface area (Å²) < 4.78 is 28.1. The molecule has 1 atom stereocenters. The second kappa shape index (κ2) is 5.76. The lowest BCUT2D eigenvalue weighted by molar-refractivity contribution is -0.147. The van der Waals surface area contributed by atoms with Gasteiger partial charge in [0.1, 0.15) is 6.04 Å². The van der Waals surface area contributed by atoms with Gasteiger partial charge < -0.3 is 5.11 Å². The third-order valence-electron chi connectivity index (χ3n) is 3.44. The molecule has 6 nitrogen and oxygen atoms in total. The monoisotopic (exact) mass is 292 g/mol. The smallest absolute Gasteiger partial charge is 0.322 e. The van der Waals surface area contributed by atoms with Gasteiger partial charge in [0, 0.05) is 13.1 Å². The van der Waals surface area contributed by atoms with Crippen LogP contribution in [0.4, 0.5) is 0 Å². The molecular weight excluding hydrogens is 268 g/mol. The van der Waals surface area contributed by atoms with Gasteiger partial charge in [-0.25, -0.2) is 4.72 Å². The summed E-state index contributed by atoms with van der Waals surface area (Å²) in [6, 6.07) is -1.01. The van der Waals surface area contributed by atoms with Gasteiger partial charge in [-0.15, -0.1) is 0 Å². The second-order valence-corrected chi connectivity index (χ2v) is 7.90. The van der Waals surface area contributed by atoms with Crippen molar-refractivity contribution in [3.8, 4) is 0 Å². The molecule has 7 heteroatoms. The van der Waals surface area contributed by atoms with Crippen LogP contribution in [0.3, 0.4) is 0 Å². The Labute approximate surface area is 115 Å². The van der Waals surface area contributed by atoms with E-state index in [1.165, 1.54) is 0 Å². The number of carboxylic acids is 1. The molecule has 0 spiro atoms. The second-order valence-electron chi connectivity index (χ2n) is 6.19. The van der Waals surface area contributed by atoms with Crippen LogP contribution < -0.4 is 4.72 Å². The Bertz CT molecular complexity index is 431. The zero-order chi connectivity index (χ0) is 14.8. The predicted octanol–water partition coefficient (Wildman–Crippen LogP) is 1.05. The Balaban J connectivity index is 2.98. The highest BCUT2D eigenvalue weighted by molar-refractivity contribution is 7.87. The zero-order valence-electron chi connectivity index (χ0n) is 12.0. The van der Waals surface area contributed by atoms with Crippen LogP contribution in [0.25, 0.3) is 0 Å². The lowest BCUT2D eigenvalue weighted by Gasteiger charge is -2.42. The molecule has 2 N–H and O–H groups in total. The minimum atomic E-state index is -3.74. The van der Waals surface area contributed by atoms with E-state index in [0.717, 1.165) is 4.31 Å². The number of carbonyl (C=O) groups is 1. The molecule has 0 bridgehead atoms. The van der Waals surface area contributed by atoms with Crippen molar-refractivity contribution in [2.75, 3.05) is 13.1 Å². The summed E-state index contributed by atoms with van der Waals surface area (Å²) in [4.78, 5) is 11.4. The normalized spacial score (nSPS) is 24.6. The summed E-state index contributed by atoms with van der Waals surface area (Å²) in [5, 5.41) is 9.35. The Morgan fingerprint density at radius 3 is 2.53 bits per heavy atom. The van der Waals surface area contributed by atoms with Crippen molar-refractivity contribution in [2.45, 2.75) is 46.6 Å². The zero-order valence-corrected chi connectivity index (χ0v) is 12.8. The molecule has 19 heavy (non-hydrogen) atoms. The molecule has 1 rings (SSSR count). The predicted molar refractivity (Wildman–Crippen MR) is 72.9 cm³/mol. The summed E-state index contributed by atoms with van der Waals surface area (Å²) in [6.45, 7) is 7.97. The van der Waals surface area contributed by atoms with Gasteiger partial charge in [-0.05, 0) is 24.2 Å². The maximum atomic E-state index is 12.2. The van der Waals surface area contributed by atoms with Gasteiger partial charge in [-0.2, -0.15) is 12.7 Å². The van der Waals surface area contributed by atoms with E-state index in [-0.39, 0.29) is 12.5 Å². The van der Waals surface area contributed by atoms with Crippen LogP contribution in [-0.4, -0.2) is 42.9 Å². The molecule has 0 radical (unpaired) electrons. The lowest BCUT2D eigenvalue weighted by atomic mass is 9.77. The standard InChI is InChI=1S/C12H24N2O4S/c1-9(2)8-13-19(17,18)14-7-5-6-12(3,4)10(14)11(15)16/h9-10,13H,5-8H2,1-4H3,(H,15,16). The molecule has 1 unspecified atom stereocenters. The number of aliphatic carboxylic acids is 1. The maximum absolute atomic E-state index is 12.2. The van der Waals surface area contributed by atoms with Gasteiger partial charge in [0.15, 0.2) is 0 Å². The van der Waals surface area contributed by atoms with E-state index in [4.69, 9.17) is 0 Å². The average Bonchev–Trinajstić information content (AvgIpc) is 2.24. The van der Waals surface area contributed by atoms with Crippen LogP contribution in [0.5, 0.6) is 0 Å². The molecule has 1 fully saturated rings. The first-order chi connectivity index (χ1) is 8.58. The van der Waals surface area contributed by atoms with Crippen LogP contribution in [0, 0.1) is 11.3 Å². The molecule has 1 aliphatic heterocycles. The SMILES string of the molecule is CC(C)CNS(=O)(=O)N1CCCC(C)(C)C1C(=O)O. The summed E-state index contributed by atoms with van der Waals surface area (Å²) in [6.07, 6.45) is 1.39. The first-order valence-corrected chi connectivity index (χ1v) is 8.01. The Morgan fingerprint density at radius 1 is 1.47 bits per heavy atom. The Kier molecular flexibility index (Phi) is 4.97. The topological polar surface area (TPSA) is 86.7 Å². The molecular formula is C12H24N2O4S. The molecule has 1 aliphatic rings. The van der Waals surface area contributed by atoms with Crippen LogP contribution in [-0.2, 0) is 15.0 Å². The summed E-state index contributed by atoms with van der Waals surface area (Å²) in [5.74, 6) is -0.907. The van der Waals surface area contributed by atoms with E-state index in [2.05, 4.69) is 4.72 Å². The summed E-state index contributed by atoms with van der Waals surface area (Å²) in [5.41, 5.74) is -0.559. The van der Waals surface area contributed by atoms with Gasteiger partial charge in [0.05, 0.1) is 0 Å². The van der Waals surface area contributed by atoms with Crippen LogP contribution in [0.15, 0.2) is 0 Å². The van der Waals surface area contributed by atoms with Crippen molar-refractivity contribution in [1.82, 2.24) is 9.03 Å². The molecule has 0 aromatic rings. The highest BCUT2D eigenvalue weighted by Crippen LogP contribution is 2.36. The van der Waals surface area contributed by atoms with Crippen LogP contribution in [0.1, 0.15) is 40.5 Å². The number of nitrogens with zero attached hydrogens (tertiary/aromatic N) is 1. The van der Waals surface area contributed by atoms with Crippen LogP contribution in [0.2, 0.25) is 0 Å². The molecule has 0 aliphatic carbocycles. The highest BCUT2D eigenvalue weighted by atomic mass is 32.2. The van der Waals surface area contributed by atoms with Gasteiger partial charge in [-0.3, -0.25) is 4.79 Å². The molecule has 0 saturated carbocycles. The summed E-state index contributed by atoms with van der Waals surface area (Å²) >= 11 is 0. The fourth-order valence-corrected chi connectivity index (χ4v) is 4.15. The van der Waals surface area contributed by atoms with Gasteiger partial charge in [0.2, 0.25) is 0 Å². The van der Waals surface area contributed by atoms with E-state index >= 15 is 0 Å². The van der Waals surface area contributed by atoms with E-state index in [9.17, 15) is 18.3 Å². The van der Waals surface area contributed by atoms with Gasteiger partial charge in [0.25, 0.3) is 10.2 Å². The van der Waals surface area contributed by atoms with E-state index in [0.29, 0.717) is 19.4 Å². The minimum absolute atomic E-state index is 0.177. The lowest BCUT2D eigenvalue weighted by Crippen LogP contribution is -2.59. The molecule has 0 amide bonds. The molecule has 1 heterocycles. The highest BCUT2D eigenvalue weighted by Gasteiger charge is 2.47. The van der Waals surface area contributed by atoms with Crippen molar-refractivity contribution < 1.29 is 18.3 Å². The number of rotatable bonds is 5. The fraction of sp³-hybridized carbons (Fsp3) is 0.917. The fourth-order valence-electron chi connectivity index (χ4n) is 2.42. The molecule has 112 valence electrons. The number of hydrogen-bond donors (Lipinski definition) is 2. The molecule has 0 aromatic carbocycles. The third-order valence-corrected chi connectivity index (χ3v) is 4.99. The first kappa shape index (κ1) is 16.4. The van der Waals surface area contributed by atoms with E-state index in [1.54, 1.807) is 13.8 Å². The maximum Gasteiger partial charge on any atom is 0.322 e. The molecule has 0 aromatic heterocycles. The number of nitrogens with one attached hydrogen (secondary N) is 1. The number of piperidine rings is 1. The number of hydrogen-bond acceptors (Lipinski definition) is 3. The van der Waals surface area contributed by atoms with Crippen molar-refractivity contribution >= 4 is 16.2 Å². The average molecular weight is 292 g/mol. The summed E-state index contributed by atoms with van der Waals surface area (Å²) in [7, 11) is -3.74. The van der Waals surface area contributed by atoms with Crippen molar-refractivity contribution in [3.63, 3.8) is 0 Å². The first-order valence-electron chi connectivity index (χ1n) is 6.57. The molecule has 1 saturated heterocycles. The largest absolute Gasteiger partial charge is 0.480 e. The quantitative estimate of drug-likeness (QED) is 0.793.